The van der Waals surface area contributed by atoms with E-state index in [1.165, 1.54) is 0 Å². The maximum atomic E-state index is 12.9. The minimum absolute atomic E-state index is 0.153. The molecule has 0 aromatic heterocycles. The lowest BCUT2D eigenvalue weighted by Gasteiger charge is -2.23. The second-order valence-corrected chi connectivity index (χ2v) is 7.46. The Morgan fingerprint density at radius 3 is 2.25 bits per heavy atom. The summed E-state index contributed by atoms with van der Waals surface area (Å²) in [5.74, 6) is -0.0409. The van der Waals surface area contributed by atoms with Crippen molar-refractivity contribution in [1.29, 1.82) is 0 Å². The number of carbonyl (C=O) groups excluding carboxylic acids is 1. The molecular weight excluding hydrogens is 414 g/mol. The standard InChI is InChI=1S/C24H18BrNO2/c25-19-13-10-17(11-14-19)23(26-24(28)18-7-2-1-3-8-18)22-20-9-5-4-6-16(20)12-15-21(22)27/h1-15,23,27H,(H,26,28). The lowest BCUT2D eigenvalue weighted by molar-refractivity contribution is 0.0943. The Bertz CT molecular complexity index is 1120. The first-order valence-electron chi connectivity index (χ1n) is 8.95. The Labute approximate surface area is 171 Å². The first-order valence-corrected chi connectivity index (χ1v) is 9.75. The normalized spacial score (nSPS) is 11.9. The Hall–Kier alpha value is -3.11. The van der Waals surface area contributed by atoms with Crippen LogP contribution in [0.1, 0.15) is 27.5 Å². The number of fused-ring (bicyclic) bond motifs is 1. The molecule has 0 radical (unpaired) electrons. The van der Waals surface area contributed by atoms with E-state index in [1.54, 1.807) is 18.2 Å². The number of aromatic hydroxyl groups is 1. The average molecular weight is 432 g/mol. The van der Waals surface area contributed by atoms with Crippen molar-refractivity contribution in [1.82, 2.24) is 5.32 Å². The van der Waals surface area contributed by atoms with Gasteiger partial charge in [0.2, 0.25) is 0 Å². The monoisotopic (exact) mass is 431 g/mol. The van der Waals surface area contributed by atoms with Gasteiger partial charge in [-0.15, -0.1) is 0 Å². The number of amides is 1. The first kappa shape index (κ1) is 18.3. The summed E-state index contributed by atoms with van der Waals surface area (Å²) in [5, 5.41) is 15.7. The molecule has 1 unspecified atom stereocenters. The number of halogens is 1. The molecule has 1 amide bonds. The summed E-state index contributed by atoms with van der Waals surface area (Å²) in [4.78, 5) is 12.9. The van der Waals surface area contributed by atoms with Crippen molar-refractivity contribution < 1.29 is 9.90 Å². The molecule has 0 saturated heterocycles. The molecule has 0 aliphatic heterocycles. The van der Waals surface area contributed by atoms with E-state index in [-0.39, 0.29) is 11.7 Å². The fourth-order valence-electron chi connectivity index (χ4n) is 3.37. The molecule has 0 aliphatic carbocycles. The fraction of sp³-hybridized carbons (Fsp3) is 0.0417. The van der Waals surface area contributed by atoms with Gasteiger partial charge in [-0.1, -0.05) is 76.6 Å². The molecular formula is C24H18BrNO2. The van der Waals surface area contributed by atoms with Crippen LogP contribution in [0.15, 0.2) is 95.5 Å². The number of hydrogen-bond donors (Lipinski definition) is 2. The number of phenolic OH excluding ortho intramolecular Hbond substituents is 1. The molecule has 4 aromatic rings. The van der Waals surface area contributed by atoms with Crippen molar-refractivity contribution in [3.8, 4) is 5.75 Å². The van der Waals surface area contributed by atoms with Crippen molar-refractivity contribution >= 4 is 32.6 Å². The third-order valence-corrected chi connectivity index (χ3v) is 5.28. The van der Waals surface area contributed by atoms with Gasteiger partial charge in [-0.3, -0.25) is 4.79 Å². The maximum Gasteiger partial charge on any atom is 0.252 e. The average Bonchev–Trinajstić information content (AvgIpc) is 2.73. The zero-order chi connectivity index (χ0) is 19.5. The van der Waals surface area contributed by atoms with Gasteiger partial charge in [-0.2, -0.15) is 0 Å². The molecule has 4 rings (SSSR count). The molecule has 0 heterocycles. The van der Waals surface area contributed by atoms with E-state index in [1.807, 2.05) is 72.8 Å². The van der Waals surface area contributed by atoms with E-state index in [0.717, 1.165) is 20.8 Å². The van der Waals surface area contributed by atoms with Gasteiger partial charge in [-0.25, -0.2) is 0 Å². The second kappa shape index (κ2) is 7.87. The van der Waals surface area contributed by atoms with Crippen LogP contribution < -0.4 is 5.32 Å². The largest absolute Gasteiger partial charge is 0.508 e. The van der Waals surface area contributed by atoms with E-state index in [2.05, 4.69) is 21.2 Å². The van der Waals surface area contributed by atoms with Crippen molar-refractivity contribution in [2.45, 2.75) is 6.04 Å². The van der Waals surface area contributed by atoms with E-state index < -0.39 is 6.04 Å². The van der Waals surface area contributed by atoms with Crippen LogP contribution in [0.3, 0.4) is 0 Å². The highest BCUT2D eigenvalue weighted by atomic mass is 79.9. The molecule has 4 heteroatoms. The van der Waals surface area contributed by atoms with E-state index in [0.29, 0.717) is 11.1 Å². The van der Waals surface area contributed by atoms with Gasteiger partial charge in [0.25, 0.3) is 5.91 Å². The number of benzene rings is 4. The lowest BCUT2D eigenvalue weighted by Crippen LogP contribution is -2.29. The Morgan fingerprint density at radius 2 is 1.50 bits per heavy atom. The summed E-state index contributed by atoms with van der Waals surface area (Å²) in [6.07, 6.45) is 0. The third kappa shape index (κ3) is 3.64. The van der Waals surface area contributed by atoms with Gasteiger partial charge in [-0.05, 0) is 46.7 Å². The molecule has 28 heavy (non-hydrogen) atoms. The van der Waals surface area contributed by atoms with Gasteiger partial charge in [0, 0.05) is 15.6 Å². The number of hydrogen-bond acceptors (Lipinski definition) is 2. The zero-order valence-corrected chi connectivity index (χ0v) is 16.6. The van der Waals surface area contributed by atoms with Crippen LogP contribution in [-0.2, 0) is 0 Å². The molecule has 1 atom stereocenters. The quantitative estimate of drug-likeness (QED) is 0.427. The molecule has 2 N–H and O–H groups in total. The minimum atomic E-state index is -0.494. The Kier molecular flexibility index (Phi) is 5.13. The number of rotatable bonds is 4. The SMILES string of the molecule is O=C(NC(c1ccc(Br)cc1)c1c(O)ccc2ccccc12)c1ccccc1. The predicted molar refractivity (Wildman–Crippen MR) is 116 cm³/mol. The number of carbonyl (C=O) groups is 1. The highest BCUT2D eigenvalue weighted by Gasteiger charge is 2.23. The molecule has 0 aliphatic rings. The van der Waals surface area contributed by atoms with Crippen LogP contribution >= 0.6 is 15.9 Å². The molecule has 138 valence electrons. The summed E-state index contributed by atoms with van der Waals surface area (Å²) in [6.45, 7) is 0. The molecule has 0 fully saturated rings. The van der Waals surface area contributed by atoms with Crippen LogP contribution in [0.4, 0.5) is 0 Å². The van der Waals surface area contributed by atoms with Crippen LogP contribution in [0.25, 0.3) is 10.8 Å². The fourth-order valence-corrected chi connectivity index (χ4v) is 3.63. The minimum Gasteiger partial charge on any atom is -0.508 e. The Morgan fingerprint density at radius 1 is 0.821 bits per heavy atom. The molecule has 0 saturated carbocycles. The highest BCUT2D eigenvalue weighted by molar-refractivity contribution is 9.10. The Balaban J connectivity index is 1.85. The van der Waals surface area contributed by atoms with Crippen LogP contribution in [0.2, 0.25) is 0 Å². The highest BCUT2D eigenvalue weighted by Crippen LogP contribution is 2.36. The summed E-state index contributed by atoms with van der Waals surface area (Å²) < 4.78 is 0.950. The summed E-state index contributed by atoms with van der Waals surface area (Å²) in [5.41, 5.74) is 2.15. The number of nitrogens with one attached hydrogen (secondary N) is 1. The molecule has 3 nitrogen and oxygen atoms in total. The molecule has 4 aromatic carbocycles. The van der Waals surface area contributed by atoms with E-state index in [9.17, 15) is 9.90 Å². The summed E-state index contributed by atoms with van der Waals surface area (Å²) >= 11 is 3.46. The van der Waals surface area contributed by atoms with E-state index >= 15 is 0 Å². The van der Waals surface area contributed by atoms with Crippen molar-refractivity contribution in [2.24, 2.45) is 0 Å². The third-order valence-electron chi connectivity index (χ3n) is 4.75. The smallest absolute Gasteiger partial charge is 0.252 e. The number of phenols is 1. The summed E-state index contributed by atoms with van der Waals surface area (Å²) in [7, 11) is 0. The van der Waals surface area contributed by atoms with Gasteiger partial charge < -0.3 is 10.4 Å². The van der Waals surface area contributed by atoms with Crippen molar-refractivity contribution in [3.05, 3.63) is 112 Å². The van der Waals surface area contributed by atoms with Crippen molar-refractivity contribution in [3.63, 3.8) is 0 Å². The van der Waals surface area contributed by atoms with Gasteiger partial charge >= 0.3 is 0 Å². The first-order chi connectivity index (χ1) is 13.6. The van der Waals surface area contributed by atoms with Crippen molar-refractivity contribution in [2.75, 3.05) is 0 Å². The maximum absolute atomic E-state index is 12.9. The van der Waals surface area contributed by atoms with Gasteiger partial charge in [0.05, 0.1) is 6.04 Å². The summed E-state index contributed by atoms with van der Waals surface area (Å²) in [6, 6.07) is 27.8. The predicted octanol–water partition coefficient (Wildman–Crippen LogP) is 5.83. The second-order valence-electron chi connectivity index (χ2n) is 6.54. The van der Waals surface area contributed by atoms with Crippen LogP contribution in [0, 0.1) is 0 Å². The van der Waals surface area contributed by atoms with Crippen LogP contribution in [0.5, 0.6) is 5.75 Å². The molecule has 0 bridgehead atoms. The zero-order valence-electron chi connectivity index (χ0n) is 15.0. The van der Waals surface area contributed by atoms with Crippen LogP contribution in [-0.4, -0.2) is 11.0 Å². The van der Waals surface area contributed by atoms with E-state index in [4.69, 9.17) is 0 Å². The van der Waals surface area contributed by atoms with Gasteiger partial charge in [0.15, 0.2) is 0 Å². The molecule has 0 spiro atoms. The lowest BCUT2D eigenvalue weighted by atomic mass is 9.92. The van der Waals surface area contributed by atoms with Gasteiger partial charge in [0.1, 0.15) is 5.75 Å². The topological polar surface area (TPSA) is 49.3 Å².